The number of benzene rings is 1. The molecule has 0 aliphatic heterocycles. The van der Waals surface area contributed by atoms with Crippen LogP contribution >= 0.6 is 0 Å². The molecular formula is C11H8N2O. The SMILES string of the molecule is [C-]#[N+]C1=C(N)c2ccccc2CC1=O. The maximum atomic E-state index is 11.4. The van der Waals surface area contributed by atoms with Gasteiger partial charge in [-0.25, -0.2) is 4.85 Å². The van der Waals surface area contributed by atoms with E-state index in [4.69, 9.17) is 12.3 Å². The van der Waals surface area contributed by atoms with Gasteiger partial charge in [-0.05, 0) is 11.1 Å². The second kappa shape index (κ2) is 3.00. The Bertz CT molecular complexity index is 480. The maximum absolute atomic E-state index is 11.4. The molecule has 68 valence electrons. The van der Waals surface area contributed by atoms with E-state index in [-0.39, 0.29) is 17.9 Å². The molecule has 0 amide bonds. The predicted octanol–water partition coefficient (Wildman–Crippen LogP) is 1.36. The van der Waals surface area contributed by atoms with E-state index >= 15 is 0 Å². The van der Waals surface area contributed by atoms with Crippen LogP contribution in [-0.2, 0) is 11.2 Å². The van der Waals surface area contributed by atoms with Gasteiger partial charge in [0.05, 0.1) is 6.57 Å². The number of nitrogens with zero attached hydrogens (tertiary/aromatic N) is 1. The van der Waals surface area contributed by atoms with E-state index in [1.807, 2.05) is 24.3 Å². The van der Waals surface area contributed by atoms with Crippen molar-refractivity contribution in [3.05, 3.63) is 52.5 Å². The van der Waals surface area contributed by atoms with Crippen LogP contribution in [0.4, 0.5) is 0 Å². The van der Waals surface area contributed by atoms with Crippen LogP contribution in [0.25, 0.3) is 10.5 Å². The molecule has 0 spiro atoms. The summed E-state index contributed by atoms with van der Waals surface area (Å²) >= 11 is 0. The number of Topliss-reactive ketones (excluding diaryl/α,β-unsaturated/α-hetero) is 1. The van der Waals surface area contributed by atoms with Gasteiger partial charge in [0, 0.05) is 12.1 Å². The monoisotopic (exact) mass is 184 g/mol. The van der Waals surface area contributed by atoms with Crippen molar-refractivity contribution in [1.82, 2.24) is 0 Å². The molecule has 14 heavy (non-hydrogen) atoms. The first kappa shape index (κ1) is 8.52. The predicted molar refractivity (Wildman–Crippen MR) is 52.9 cm³/mol. The van der Waals surface area contributed by atoms with Crippen LogP contribution in [0.3, 0.4) is 0 Å². The molecule has 0 atom stereocenters. The fourth-order valence-electron chi connectivity index (χ4n) is 1.59. The first-order valence-corrected chi connectivity index (χ1v) is 4.22. The van der Waals surface area contributed by atoms with Gasteiger partial charge < -0.3 is 10.5 Å². The van der Waals surface area contributed by atoms with Crippen molar-refractivity contribution in [2.24, 2.45) is 5.73 Å². The molecule has 1 aliphatic rings. The van der Waals surface area contributed by atoms with Crippen LogP contribution < -0.4 is 5.73 Å². The summed E-state index contributed by atoms with van der Waals surface area (Å²) in [6.45, 7) is 6.87. The summed E-state index contributed by atoms with van der Waals surface area (Å²) in [6.07, 6.45) is 0.286. The zero-order valence-corrected chi connectivity index (χ0v) is 7.45. The number of carbonyl (C=O) groups excluding carboxylic acids is 1. The van der Waals surface area contributed by atoms with E-state index in [1.54, 1.807) is 0 Å². The molecule has 3 nitrogen and oxygen atoms in total. The molecule has 0 fully saturated rings. The number of carbonyl (C=O) groups is 1. The smallest absolute Gasteiger partial charge is 0.252 e. The molecule has 0 bridgehead atoms. The number of allylic oxidation sites excluding steroid dienone is 1. The highest BCUT2D eigenvalue weighted by molar-refractivity contribution is 6.07. The van der Waals surface area contributed by atoms with E-state index in [0.29, 0.717) is 5.70 Å². The van der Waals surface area contributed by atoms with Gasteiger partial charge in [0.2, 0.25) is 0 Å². The first-order chi connectivity index (χ1) is 6.74. The summed E-state index contributed by atoms with van der Waals surface area (Å²) < 4.78 is 0. The van der Waals surface area contributed by atoms with E-state index in [9.17, 15) is 4.79 Å². The Labute approximate surface area is 81.7 Å². The topological polar surface area (TPSA) is 47.5 Å². The Balaban J connectivity index is 2.69. The van der Waals surface area contributed by atoms with Crippen LogP contribution in [0.1, 0.15) is 11.1 Å². The van der Waals surface area contributed by atoms with Crippen molar-refractivity contribution < 1.29 is 4.79 Å². The summed E-state index contributed by atoms with van der Waals surface area (Å²) in [5, 5.41) is 0. The normalized spacial score (nSPS) is 14.9. The summed E-state index contributed by atoms with van der Waals surface area (Å²) in [5.74, 6) is -0.184. The molecule has 3 heteroatoms. The van der Waals surface area contributed by atoms with Crippen molar-refractivity contribution in [2.45, 2.75) is 6.42 Å². The first-order valence-electron chi connectivity index (χ1n) is 4.22. The summed E-state index contributed by atoms with van der Waals surface area (Å²) in [7, 11) is 0. The third-order valence-electron chi connectivity index (χ3n) is 2.29. The number of hydrogen-bond donors (Lipinski definition) is 1. The van der Waals surface area contributed by atoms with E-state index in [0.717, 1.165) is 11.1 Å². The van der Waals surface area contributed by atoms with Crippen molar-refractivity contribution in [1.29, 1.82) is 0 Å². The Morgan fingerprint density at radius 1 is 1.36 bits per heavy atom. The minimum atomic E-state index is -0.184. The van der Waals surface area contributed by atoms with Crippen molar-refractivity contribution in [3.8, 4) is 0 Å². The van der Waals surface area contributed by atoms with Gasteiger partial charge in [-0.2, -0.15) is 0 Å². The van der Waals surface area contributed by atoms with Gasteiger partial charge in [-0.15, -0.1) is 0 Å². The molecule has 0 saturated carbocycles. The van der Waals surface area contributed by atoms with Gasteiger partial charge in [0.15, 0.2) is 5.78 Å². The number of fused-ring (bicyclic) bond motifs is 1. The number of hydrogen-bond acceptors (Lipinski definition) is 2. The summed E-state index contributed by atoms with van der Waals surface area (Å²) in [6, 6.07) is 7.41. The molecular weight excluding hydrogens is 176 g/mol. The third-order valence-corrected chi connectivity index (χ3v) is 2.29. The molecule has 1 aromatic carbocycles. The lowest BCUT2D eigenvalue weighted by molar-refractivity contribution is -0.114. The van der Waals surface area contributed by atoms with Crippen LogP contribution in [-0.4, -0.2) is 5.78 Å². The fraction of sp³-hybridized carbons (Fsp3) is 0.0909. The fourth-order valence-corrected chi connectivity index (χ4v) is 1.59. The Kier molecular flexibility index (Phi) is 1.83. The second-order valence-electron chi connectivity index (χ2n) is 3.13. The van der Waals surface area contributed by atoms with E-state index < -0.39 is 0 Å². The Morgan fingerprint density at radius 2 is 2.07 bits per heavy atom. The zero-order valence-electron chi connectivity index (χ0n) is 7.45. The lowest BCUT2D eigenvalue weighted by Crippen LogP contribution is -2.17. The Hall–Kier alpha value is -2.08. The van der Waals surface area contributed by atoms with Gasteiger partial charge in [0.25, 0.3) is 5.70 Å². The standard InChI is InChI=1S/C11H8N2O/c1-13-11-9(14)6-7-4-2-3-5-8(7)10(11)12/h2-5H,6,12H2. The van der Waals surface area contributed by atoms with Gasteiger partial charge in [0.1, 0.15) is 0 Å². The average Bonchev–Trinajstić information content (AvgIpc) is 2.18. The van der Waals surface area contributed by atoms with Crippen LogP contribution in [0.2, 0.25) is 0 Å². The molecule has 2 rings (SSSR count). The zero-order chi connectivity index (χ0) is 10.1. The number of ketones is 1. The quantitative estimate of drug-likeness (QED) is 0.619. The van der Waals surface area contributed by atoms with Crippen molar-refractivity contribution in [2.75, 3.05) is 0 Å². The highest BCUT2D eigenvalue weighted by Crippen LogP contribution is 2.26. The lowest BCUT2D eigenvalue weighted by atomic mass is 9.92. The van der Waals surface area contributed by atoms with E-state index in [2.05, 4.69) is 4.85 Å². The number of nitrogens with two attached hydrogens (primary N) is 1. The van der Waals surface area contributed by atoms with Gasteiger partial charge in [-0.1, -0.05) is 24.3 Å². The number of rotatable bonds is 0. The minimum Gasteiger partial charge on any atom is -0.407 e. The van der Waals surface area contributed by atoms with Crippen molar-refractivity contribution >= 4 is 11.5 Å². The average molecular weight is 184 g/mol. The Morgan fingerprint density at radius 3 is 2.79 bits per heavy atom. The summed E-state index contributed by atoms with van der Waals surface area (Å²) in [4.78, 5) is 14.6. The van der Waals surface area contributed by atoms with Crippen LogP contribution in [0.15, 0.2) is 30.0 Å². The molecule has 1 aromatic rings. The van der Waals surface area contributed by atoms with Crippen LogP contribution in [0, 0.1) is 6.57 Å². The lowest BCUT2D eigenvalue weighted by Gasteiger charge is -2.15. The molecule has 0 unspecified atom stereocenters. The molecule has 0 radical (unpaired) electrons. The molecule has 0 aromatic heterocycles. The third kappa shape index (κ3) is 1.09. The largest absolute Gasteiger partial charge is 0.407 e. The highest BCUT2D eigenvalue weighted by Gasteiger charge is 2.23. The van der Waals surface area contributed by atoms with Crippen molar-refractivity contribution in [3.63, 3.8) is 0 Å². The molecule has 2 N–H and O–H groups in total. The molecule has 0 heterocycles. The second-order valence-corrected chi connectivity index (χ2v) is 3.13. The molecule has 0 saturated heterocycles. The minimum absolute atomic E-state index is 0.0729. The summed E-state index contributed by atoms with van der Waals surface area (Å²) in [5.41, 5.74) is 7.84. The van der Waals surface area contributed by atoms with Gasteiger partial charge >= 0.3 is 0 Å². The van der Waals surface area contributed by atoms with E-state index in [1.165, 1.54) is 0 Å². The van der Waals surface area contributed by atoms with Crippen LogP contribution in [0.5, 0.6) is 0 Å². The molecule has 1 aliphatic carbocycles. The maximum Gasteiger partial charge on any atom is 0.252 e. The van der Waals surface area contributed by atoms with Gasteiger partial charge in [-0.3, -0.25) is 0 Å². The highest BCUT2D eigenvalue weighted by atomic mass is 16.1.